The fourth-order valence-electron chi connectivity index (χ4n) is 5.87. The predicted molar refractivity (Wildman–Crippen MR) is 256 cm³/mol. The number of aromatic nitrogens is 2. The Kier molecular flexibility index (Phi) is 32.2. The van der Waals surface area contributed by atoms with Gasteiger partial charge >= 0.3 is 5.69 Å². The Morgan fingerprint density at radius 1 is 0.639 bits per heavy atom. The lowest BCUT2D eigenvalue weighted by molar-refractivity contribution is -0.117. The van der Waals surface area contributed by atoms with Crippen molar-refractivity contribution in [2.45, 2.75) is 135 Å². The molecule has 1 N–H and O–H groups in total. The lowest BCUT2D eigenvalue weighted by atomic mass is 10.2. The number of ketones is 1. The Morgan fingerprint density at radius 3 is 1.54 bits per heavy atom. The molecular weight excluding hydrogens is 759 g/mol. The molecule has 2 rings (SSSR count). The van der Waals surface area contributed by atoms with Crippen molar-refractivity contribution in [1.82, 2.24) is 9.55 Å². The van der Waals surface area contributed by atoms with E-state index in [-0.39, 0.29) is 23.6 Å². The molecule has 1 aliphatic rings. The molecule has 1 amide bonds. The van der Waals surface area contributed by atoms with Gasteiger partial charge in [-0.3, -0.25) is 14.2 Å². The first kappa shape index (κ1) is 52.0. The summed E-state index contributed by atoms with van der Waals surface area (Å²) in [6.07, 6.45) is 65.8. The van der Waals surface area contributed by atoms with Crippen molar-refractivity contribution < 1.29 is 19.1 Å². The summed E-state index contributed by atoms with van der Waals surface area (Å²) in [5.41, 5.74) is -0.483. The van der Waals surface area contributed by atoms with Gasteiger partial charge in [0.05, 0.1) is 19.3 Å². The third-order valence-corrected chi connectivity index (χ3v) is 9.16. The lowest BCUT2D eigenvalue weighted by Gasteiger charge is -2.16. The Labute approximate surface area is 367 Å². The summed E-state index contributed by atoms with van der Waals surface area (Å²) >= 11 is 0. The van der Waals surface area contributed by atoms with Gasteiger partial charge in [0, 0.05) is 19.0 Å². The average molecular weight is 832 g/mol. The van der Waals surface area contributed by atoms with Crippen molar-refractivity contribution in [2.75, 3.05) is 18.5 Å². The van der Waals surface area contributed by atoms with Crippen molar-refractivity contribution in [2.24, 2.45) is 0 Å². The van der Waals surface area contributed by atoms with Gasteiger partial charge in [-0.15, -0.1) is 0 Å². The van der Waals surface area contributed by atoms with Crippen LogP contribution in [0.15, 0.2) is 163 Å². The number of nitrogens with zero attached hydrogens (tertiary/aromatic N) is 2. The highest BCUT2D eigenvalue weighted by molar-refractivity contribution is 5.90. The molecule has 8 heteroatoms. The third-order valence-electron chi connectivity index (χ3n) is 9.16. The fourth-order valence-corrected chi connectivity index (χ4v) is 5.87. The van der Waals surface area contributed by atoms with Gasteiger partial charge in [0.25, 0.3) is 0 Å². The number of nitrogens with one attached hydrogen (secondary N) is 1. The molecule has 0 spiro atoms. The maximum atomic E-state index is 12.8. The molecule has 0 bridgehead atoms. The predicted octanol–water partition coefficient (Wildman–Crippen LogP) is 13.0. The standard InChI is InChI=1S/C53H73N3O5/c1-3-5-7-9-11-13-15-17-19-21-22-24-26-28-30-32-34-36-38-40-51(58)54-50-43-45-56(53(59)55-50)52-42-41-49(61-52)47-60-46-44-48(57)39-37-35-33-31-29-27-25-23-20-18-16-14-12-10-8-6-4-2/h5-8,11-14,17-20,22,24-25,27-28,30-31,33-34,36-37,39,43,45,49,52H,3-4,9-10,15-16,21,23,26,29,32,35,38,40-42,44,46-47H2,1-2H3,(H,54,55,58,59)/t49-,52?/m0/s1. The summed E-state index contributed by atoms with van der Waals surface area (Å²) in [6, 6.07) is 1.62. The molecule has 0 saturated carbocycles. The molecule has 1 fully saturated rings. The zero-order valence-electron chi connectivity index (χ0n) is 37.0. The van der Waals surface area contributed by atoms with E-state index in [2.05, 4.69) is 152 Å². The monoisotopic (exact) mass is 832 g/mol. The molecule has 2 heterocycles. The number of rotatable bonds is 33. The van der Waals surface area contributed by atoms with Crippen LogP contribution in [0.1, 0.15) is 129 Å². The van der Waals surface area contributed by atoms with Crippen LogP contribution in [0.4, 0.5) is 5.82 Å². The fraction of sp³-hybridized carbons (Fsp3) is 0.434. The molecule has 61 heavy (non-hydrogen) atoms. The van der Waals surface area contributed by atoms with Crippen molar-refractivity contribution in [1.29, 1.82) is 0 Å². The second-order valence-corrected chi connectivity index (χ2v) is 14.4. The van der Waals surface area contributed by atoms with E-state index in [1.165, 1.54) is 4.57 Å². The van der Waals surface area contributed by atoms with E-state index in [4.69, 9.17) is 9.47 Å². The molecule has 0 aromatic carbocycles. The molecule has 1 unspecified atom stereocenters. The van der Waals surface area contributed by atoms with E-state index < -0.39 is 11.9 Å². The van der Waals surface area contributed by atoms with Gasteiger partial charge in [-0.05, 0) is 108 Å². The van der Waals surface area contributed by atoms with Gasteiger partial charge in [-0.2, -0.15) is 4.98 Å². The van der Waals surface area contributed by atoms with E-state index in [9.17, 15) is 14.4 Å². The highest BCUT2D eigenvalue weighted by Gasteiger charge is 2.27. The minimum atomic E-state index is -0.483. The zero-order chi connectivity index (χ0) is 43.7. The number of allylic oxidation sites excluding steroid dienone is 24. The van der Waals surface area contributed by atoms with E-state index in [1.54, 1.807) is 18.3 Å². The first-order valence-corrected chi connectivity index (χ1v) is 22.5. The number of ether oxygens (including phenoxy) is 2. The molecule has 1 saturated heterocycles. The van der Waals surface area contributed by atoms with Crippen LogP contribution in [0.3, 0.4) is 0 Å². The summed E-state index contributed by atoms with van der Waals surface area (Å²) in [6.45, 7) is 4.95. The maximum Gasteiger partial charge on any atom is 0.351 e. The normalized spacial score (nSPS) is 16.8. The van der Waals surface area contributed by atoms with Crippen molar-refractivity contribution in [3.8, 4) is 0 Å². The van der Waals surface area contributed by atoms with Crippen LogP contribution in [0, 0.1) is 0 Å². The minimum absolute atomic E-state index is 0.0241. The number of carbonyl (C=O) groups excluding carboxylic acids is 2. The maximum absolute atomic E-state index is 12.8. The molecule has 1 aromatic heterocycles. The SMILES string of the molecule is CCC=CCC=CCC=CCC=CCC=CCC=CCCC(=O)Nc1ccn(C2CC[C@@H](COCCC(=O)C=CCC=CCC=CCC=CCC=CCC=CCC)O2)c(=O)n1. The Bertz CT molecular complexity index is 1760. The molecule has 8 nitrogen and oxygen atoms in total. The number of hydrogen-bond acceptors (Lipinski definition) is 6. The smallest absolute Gasteiger partial charge is 0.351 e. The summed E-state index contributed by atoms with van der Waals surface area (Å²) in [7, 11) is 0. The van der Waals surface area contributed by atoms with E-state index >= 15 is 0 Å². The largest absolute Gasteiger partial charge is 0.378 e. The van der Waals surface area contributed by atoms with Crippen LogP contribution in [-0.2, 0) is 19.1 Å². The average Bonchev–Trinajstić information content (AvgIpc) is 3.73. The molecule has 2 atom stereocenters. The van der Waals surface area contributed by atoms with Crippen LogP contribution in [0.25, 0.3) is 0 Å². The van der Waals surface area contributed by atoms with Gasteiger partial charge in [-0.25, -0.2) is 4.79 Å². The lowest BCUT2D eigenvalue weighted by Crippen LogP contribution is -2.28. The first-order valence-electron chi connectivity index (χ1n) is 22.5. The number of anilines is 1. The molecular formula is C53H73N3O5. The highest BCUT2D eigenvalue weighted by Crippen LogP contribution is 2.27. The number of carbonyl (C=O) groups is 2. The van der Waals surface area contributed by atoms with Gasteiger partial charge in [-0.1, -0.05) is 154 Å². The molecule has 1 aromatic rings. The van der Waals surface area contributed by atoms with Crippen LogP contribution >= 0.6 is 0 Å². The van der Waals surface area contributed by atoms with Crippen LogP contribution in [0.2, 0.25) is 0 Å². The Morgan fingerprint density at radius 2 is 1.08 bits per heavy atom. The highest BCUT2D eigenvalue weighted by atomic mass is 16.6. The Balaban J connectivity index is 1.51. The van der Waals surface area contributed by atoms with Crippen molar-refractivity contribution in [3.05, 3.63) is 169 Å². The van der Waals surface area contributed by atoms with Gasteiger partial charge < -0.3 is 14.8 Å². The van der Waals surface area contributed by atoms with E-state index in [0.717, 1.165) is 77.0 Å². The second-order valence-electron chi connectivity index (χ2n) is 14.4. The molecule has 0 radical (unpaired) electrons. The van der Waals surface area contributed by atoms with Crippen LogP contribution < -0.4 is 11.0 Å². The summed E-state index contributed by atoms with van der Waals surface area (Å²) < 4.78 is 13.2. The second kappa shape index (κ2) is 37.8. The first-order chi connectivity index (χ1) is 30.0. The van der Waals surface area contributed by atoms with Crippen molar-refractivity contribution >= 4 is 17.5 Å². The number of amides is 1. The molecule has 0 aliphatic carbocycles. The quantitative estimate of drug-likeness (QED) is 0.0430. The number of hydrogen-bond donors (Lipinski definition) is 1. The molecule has 1 aliphatic heterocycles. The minimum Gasteiger partial charge on any atom is -0.378 e. The van der Waals surface area contributed by atoms with Gasteiger partial charge in [0.1, 0.15) is 12.0 Å². The van der Waals surface area contributed by atoms with Crippen LogP contribution in [-0.4, -0.2) is 40.6 Å². The Hall–Kier alpha value is -5.18. The zero-order valence-corrected chi connectivity index (χ0v) is 37.0. The third kappa shape index (κ3) is 29.7. The summed E-state index contributed by atoms with van der Waals surface area (Å²) in [4.78, 5) is 41.5. The van der Waals surface area contributed by atoms with E-state index in [1.807, 2.05) is 12.2 Å². The van der Waals surface area contributed by atoms with E-state index in [0.29, 0.717) is 45.3 Å². The van der Waals surface area contributed by atoms with Crippen LogP contribution in [0.5, 0.6) is 0 Å². The summed E-state index contributed by atoms with van der Waals surface area (Å²) in [5, 5.41) is 2.72. The van der Waals surface area contributed by atoms with Gasteiger partial charge in [0.2, 0.25) is 5.91 Å². The summed E-state index contributed by atoms with van der Waals surface area (Å²) in [5.74, 6) is 0.0531. The van der Waals surface area contributed by atoms with Crippen molar-refractivity contribution in [3.63, 3.8) is 0 Å². The topological polar surface area (TPSA) is 99.5 Å². The van der Waals surface area contributed by atoms with Gasteiger partial charge in [0.15, 0.2) is 5.78 Å². The molecule has 330 valence electrons.